The van der Waals surface area contributed by atoms with E-state index in [0.717, 1.165) is 25.7 Å². The van der Waals surface area contributed by atoms with Gasteiger partial charge < -0.3 is 19.9 Å². The lowest BCUT2D eigenvalue weighted by atomic mass is 9.47. The van der Waals surface area contributed by atoms with E-state index in [1.165, 1.54) is 13.5 Å². The molecule has 1 aromatic rings. The first-order chi connectivity index (χ1) is 13.3. The van der Waals surface area contributed by atoms with Crippen molar-refractivity contribution in [2.24, 2.45) is 17.3 Å². The van der Waals surface area contributed by atoms with Crippen LogP contribution in [-0.4, -0.2) is 36.3 Å². The highest BCUT2D eigenvalue weighted by Gasteiger charge is 2.57. The summed E-state index contributed by atoms with van der Waals surface area (Å²) in [5, 5.41) is 13.9. The van der Waals surface area contributed by atoms with Gasteiger partial charge in [0.05, 0.1) is 24.8 Å². The van der Waals surface area contributed by atoms with Crippen LogP contribution in [0.15, 0.2) is 18.2 Å². The molecule has 28 heavy (non-hydrogen) atoms. The fourth-order valence-corrected chi connectivity index (χ4v) is 6.25. The third-order valence-electron chi connectivity index (χ3n) is 6.47. The van der Waals surface area contributed by atoms with Crippen molar-refractivity contribution in [2.75, 3.05) is 19.0 Å². The van der Waals surface area contributed by atoms with Crippen LogP contribution >= 0.6 is 11.6 Å². The molecule has 152 valence electrons. The van der Waals surface area contributed by atoms with Crippen molar-refractivity contribution in [2.45, 2.75) is 50.5 Å². The second-order valence-electron chi connectivity index (χ2n) is 8.92. The van der Waals surface area contributed by atoms with Gasteiger partial charge in [0.15, 0.2) is 6.61 Å². The van der Waals surface area contributed by atoms with E-state index < -0.39 is 11.5 Å². The van der Waals surface area contributed by atoms with E-state index in [1.54, 1.807) is 18.2 Å². The zero-order valence-electron chi connectivity index (χ0n) is 16.0. The molecule has 1 aromatic carbocycles. The third-order valence-corrected chi connectivity index (χ3v) is 6.71. The molecule has 4 atom stereocenters. The Morgan fingerprint density at radius 2 is 1.96 bits per heavy atom. The van der Waals surface area contributed by atoms with Gasteiger partial charge in [-0.05, 0) is 74.0 Å². The maximum absolute atomic E-state index is 12.4. The molecule has 0 aliphatic heterocycles. The van der Waals surface area contributed by atoms with Crippen LogP contribution in [0.4, 0.5) is 5.69 Å². The predicted octanol–water partition coefficient (Wildman–Crippen LogP) is 3.55. The number of nitrogens with one attached hydrogen (secondary N) is 1. The maximum atomic E-state index is 12.4. The summed E-state index contributed by atoms with van der Waals surface area (Å²) in [7, 11) is 1.50. The molecule has 7 heteroatoms. The summed E-state index contributed by atoms with van der Waals surface area (Å²) in [5.74, 6) is 0.679. The first-order valence-electron chi connectivity index (χ1n) is 9.80. The average Bonchev–Trinajstić information content (AvgIpc) is 2.57. The molecule has 0 saturated heterocycles. The molecule has 4 fully saturated rings. The van der Waals surface area contributed by atoms with Crippen molar-refractivity contribution in [3.8, 4) is 5.75 Å². The smallest absolute Gasteiger partial charge is 0.306 e. The first kappa shape index (κ1) is 19.5. The predicted molar refractivity (Wildman–Crippen MR) is 104 cm³/mol. The summed E-state index contributed by atoms with van der Waals surface area (Å²) < 4.78 is 10.4. The number of carbonyl (C=O) groups excluding carboxylic acids is 2. The number of amides is 1. The van der Waals surface area contributed by atoms with Gasteiger partial charge in [-0.1, -0.05) is 11.6 Å². The topological polar surface area (TPSA) is 84.9 Å². The highest BCUT2D eigenvalue weighted by Crippen LogP contribution is 2.62. The Balaban J connectivity index is 1.31. The molecular formula is C21H26ClNO5. The number of carbonyl (C=O) groups is 2. The van der Waals surface area contributed by atoms with Crippen LogP contribution in [0.2, 0.25) is 5.02 Å². The Bertz CT molecular complexity index is 781. The average molecular weight is 408 g/mol. The molecule has 0 radical (unpaired) electrons. The molecule has 6 nitrogen and oxygen atoms in total. The van der Waals surface area contributed by atoms with Crippen LogP contribution in [-0.2, 0) is 14.3 Å². The van der Waals surface area contributed by atoms with Crippen LogP contribution in [0, 0.1) is 17.3 Å². The monoisotopic (exact) mass is 407 g/mol. The Hall–Kier alpha value is -1.79. The zero-order chi connectivity index (χ0) is 19.9. The van der Waals surface area contributed by atoms with E-state index in [2.05, 4.69) is 5.32 Å². The van der Waals surface area contributed by atoms with Crippen LogP contribution in [0.3, 0.4) is 0 Å². The number of halogens is 1. The molecule has 4 saturated carbocycles. The molecule has 4 bridgehead atoms. The molecule has 1 amide bonds. The maximum Gasteiger partial charge on any atom is 0.306 e. The van der Waals surface area contributed by atoms with Crippen LogP contribution in [0.25, 0.3) is 0 Å². The van der Waals surface area contributed by atoms with Gasteiger partial charge in [0.25, 0.3) is 5.91 Å². The normalized spacial score (nSPS) is 32.8. The Kier molecular flexibility index (Phi) is 5.04. The molecule has 2 N–H and O–H groups in total. The Labute approximate surface area is 169 Å². The fourth-order valence-electron chi connectivity index (χ4n) is 6.08. The second kappa shape index (κ2) is 7.23. The van der Waals surface area contributed by atoms with E-state index in [0.29, 0.717) is 34.7 Å². The number of hydrogen-bond acceptors (Lipinski definition) is 5. The molecule has 5 rings (SSSR count). The summed E-state index contributed by atoms with van der Waals surface area (Å²) >= 11 is 5.96. The fraction of sp³-hybridized carbons (Fsp3) is 0.619. The quantitative estimate of drug-likeness (QED) is 0.704. The van der Waals surface area contributed by atoms with Gasteiger partial charge in [-0.2, -0.15) is 0 Å². The van der Waals surface area contributed by atoms with E-state index in [-0.39, 0.29) is 24.4 Å². The van der Waals surface area contributed by atoms with Gasteiger partial charge >= 0.3 is 5.97 Å². The van der Waals surface area contributed by atoms with Crippen LogP contribution < -0.4 is 10.1 Å². The molecular weight excluding hydrogens is 382 g/mol. The highest BCUT2D eigenvalue weighted by atomic mass is 35.5. The van der Waals surface area contributed by atoms with Gasteiger partial charge in [0.1, 0.15) is 5.75 Å². The van der Waals surface area contributed by atoms with Crippen molar-refractivity contribution in [1.29, 1.82) is 0 Å². The van der Waals surface area contributed by atoms with Crippen molar-refractivity contribution in [1.82, 2.24) is 0 Å². The number of aliphatic hydroxyl groups is 1. The van der Waals surface area contributed by atoms with Crippen LogP contribution in [0.5, 0.6) is 5.75 Å². The zero-order valence-corrected chi connectivity index (χ0v) is 16.8. The second-order valence-corrected chi connectivity index (χ2v) is 9.35. The lowest BCUT2D eigenvalue weighted by molar-refractivity contribution is -0.177. The summed E-state index contributed by atoms with van der Waals surface area (Å²) in [6.07, 6.45) is 5.81. The van der Waals surface area contributed by atoms with Gasteiger partial charge in [0, 0.05) is 5.02 Å². The molecule has 4 aliphatic carbocycles. The minimum Gasteiger partial charge on any atom is -0.495 e. The van der Waals surface area contributed by atoms with Gasteiger partial charge in [-0.3, -0.25) is 9.59 Å². The van der Waals surface area contributed by atoms with E-state index in [1.807, 2.05) is 0 Å². The first-order valence-corrected chi connectivity index (χ1v) is 10.2. The lowest BCUT2D eigenvalue weighted by Gasteiger charge is -2.60. The summed E-state index contributed by atoms with van der Waals surface area (Å²) in [5.41, 5.74) is -0.340. The molecule has 0 aromatic heterocycles. The summed E-state index contributed by atoms with van der Waals surface area (Å²) in [4.78, 5) is 24.6. The number of anilines is 1. The molecule has 0 spiro atoms. The Morgan fingerprint density at radius 1 is 1.25 bits per heavy atom. The van der Waals surface area contributed by atoms with Crippen molar-refractivity contribution < 1.29 is 24.2 Å². The highest BCUT2D eigenvalue weighted by molar-refractivity contribution is 6.31. The van der Waals surface area contributed by atoms with Crippen molar-refractivity contribution >= 4 is 29.2 Å². The van der Waals surface area contributed by atoms with Gasteiger partial charge in [-0.25, -0.2) is 0 Å². The van der Waals surface area contributed by atoms with E-state index in [9.17, 15) is 14.7 Å². The Morgan fingerprint density at radius 3 is 2.61 bits per heavy atom. The van der Waals surface area contributed by atoms with Crippen molar-refractivity contribution in [3.05, 3.63) is 23.2 Å². The minimum absolute atomic E-state index is 0.164. The molecule has 4 aliphatic rings. The van der Waals surface area contributed by atoms with E-state index >= 15 is 0 Å². The number of benzene rings is 1. The minimum atomic E-state index is -0.606. The number of ether oxygens (including phenoxy) is 2. The summed E-state index contributed by atoms with van der Waals surface area (Å²) in [6, 6.07) is 4.90. The number of hydrogen-bond donors (Lipinski definition) is 2. The van der Waals surface area contributed by atoms with Crippen molar-refractivity contribution in [3.63, 3.8) is 0 Å². The SMILES string of the molecule is COc1ccc(Cl)cc1NC(=O)COC(=O)CC12C[C@@H]3C[C@@H](CC(O)(C3)C1)C2. The molecule has 2 unspecified atom stereocenters. The number of methoxy groups -OCH3 is 1. The standard InChI is InChI=1S/C21H26ClNO5/c1-27-17-3-2-15(22)5-16(17)23-18(24)11-28-19(25)10-20-6-13-4-14(7-20)9-21(26,8-13)12-20/h2-3,5,13-14,26H,4,6-12H2,1H3,(H,23,24)/t13-,14+,20?,21?. The summed E-state index contributed by atoms with van der Waals surface area (Å²) in [6.45, 7) is -0.359. The van der Waals surface area contributed by atoms with E-state index in [4.69, 9.17) is 21.1 Å². The number of esters is 1. The lowest BCUT2D eigenvalue weighted by Crippen LogP contribution is -2.56. The van der Waals surface area contributed by atoms with Gasteiger partial charge in [-0.15, -0.1) is 0 Å². The number of rotatable bonds is 6. The van der Waals surface area contributed by atoms with Gasteiger partial charge in [0.2, 0.25) is 0 Å². The largest absolute Gasteiger partial charge is 0.495 e. The molecule has 0 heterocycles. The third kappa shape index (κ3) is 3.98. The van der Waals surface area contributed by atoms with Crippen LogP contribution in [0.1, 0.15) is 44.9 Å².